The first kappa shape index (κ1) is 9.00. The van der Waals surface area contributed by atoms with E-state index in [1.54, 1.807) is 12.5 Å². The number of hydrogen-bond donors (Lipinski definition) is 0. The molecule has 0 amide bonds. The second-order valence-corrected chi connectivity index (χ2v) is 3.62. The predicted octanol–water partition coefficient (Wildman–Crippen LogP) is 3.47. The van der Waals surface area contributed by atoms with E-state index < -0.39 is 0 Å². The highest BCUT2D eigenvalue weighted by molar-refractivity contribution is 5.54. The van der Waals surface area contributed by atoms with Gasteiger partial charge >= 0.3 is 0 Å². The van der Waals surface area contributed by atoms with Gasteiger partial charge in [0, 0.05) is 5.56 Å². The molecular weight excluding hydrogens is 174 g/mol. The summed E-state index contributed by atoms with van der Waals surface area (Å²) in [5.41, 5.74) is 2.35. The second kappa shape index (κ2) is 3.66. The summed E-state index contributed by atoms with van der Waals surface area (Å²) < 4.78 is 5.24. The van der Waals surface area contributed by atoms with Crippen LogP contribution in [0.25, 0.3) is 11.5 Å². The molecule has 0 radical (unpaired) electrons. The van der Waals surface area contributed by atoms with E-state index in [9.17, 15) is 0 Å². The standard InChI is InChI=1S/C12H13NO/c1-9(2)10-4-3-5-11(8-10)12-13-6-7-14-12/h3-9H,1-2H3. The van der Waals surface area contributed by atoms with Crippen LogP contribution in [0.5, 0.6) is 0 Å². The molecule has 0 unspecified atom stereocenters. The van der Waals surface area contributed by atoms with Crippen molar-refractivity contribution in [3.05, 3.63) is 42.3 Å². The Morgan fingerprint density at radius 2 is 2.14 bits per heavy atom. The van der Waals surface area contributed by atoms with Gasteiger partial charge in [0.2, 0.25) is 5.89 Å². The summed E-state index contributed by atoms with van der Waals surface area (Å²) in [5.74, 6) is 1.22. The predicted molar refractivity (Wildman–Crippen MR) is 56.0 cm³/mol. The van der Waals surface area contributed by atoms with Crippen LogP contribution in [-0.4, -0.2) is 4.98 Å². The van der Waals surface area contributed by atoms with Gasteiger partial charge in [-0.3, -0.25) is 0 Å². The topological polar surface area (TPSA) is 26.0 Å². The second-order valence-electron chi connectivity index (χ2n) is 3.62. The zero-order valence-electron chi connectivity index (χ0n) is 8.40. The number of rotatable bonds is 2. The molecule has 1 heterocycles. The summed E-state index contributed by atoms with van der Waals surface area (Å²) in [5, 5.41) is 0. The van der Waals surface area contributed by atoms with Crippen molar-refractivity contribution in [1.29, 1.82) is 0 Å². The highest BCUT2D eigenvalue weighted by Crippen LogP contribution is 2.22. The van der Waals surface area contributed by atoms with Crippen molar-refractivity contribution in [3.8, 4) is 11.5 Å². The molecule has 2 heteroatoms. The van der Waals surface area contributed by atoms with E-state index in [-0.39, 0.29) is 0 Å². The smallest absolute Gasteiger partial charge is 0.225 e. The van der Waals surface area contributed by atoms with Gasteiger partial charge in [0.05, 0.1) is 6.20 Å². The Morgan fingerprint density at radius 1 is 1.29 bits per heavy atom. The van der Waals surface area contributed by atoms with Crippen molar-refractivity contribution >= 4 is 0 Å². The normalized spacial score (nSPS) is 10.8. The van der Waals surface area contributed by atoms with Gasteiger partial charge < -0.3 is 4.42 Å². The quantitative estimate of drug-likeness (QED) is 0.719. The molecule has 1 aromatic carbocycles. The third-order valence-electron chi connectivity index (χ3n) is 2.23. The monoisotopic (exact) mass is 187 g/mol. The average Bonchev–Trinajstić information content (AvgIpc) is 2.71. The van der Waals surface area contributed by atoms with Gasteiger partial charge in [-0.2, -0.15) is 0 Å². The molecule has 2 nitrogen and oxygen atoms in total. The Hall–Kier alpha value is -1.57. The molecule has 0 atom stereocenters. The molecule has 0 saturated heterocycles. The SMILES string of the molecule is CC(C)c1cccc(-c2ncco2)c1. The molecule has 14 heavy (non-hydrogen) atoms. The van der Waals surface area contributed by atoms with Crippen LogP contribution in [-0.2, 0) is 0 Å². The number of hydrogen-bond acceptors (Lipinski definition) is 2. The van der Waals surface area contributed by atoms with Crippen molar-refractivity contribution in [3.63, 3.8) is 0 Å². The zero-order chi connectivity index (χ0) is 9.97. The zero-order valence-corrected chi connectivity index (χ0v) is 8.40. The van der Waals surface area contributed by atoms with Crippen molar-refractivity contribution in [2.24, 2.45) is 0 Å². The maximum atomic E-state index is 5.24. The minimum Gasteiger partial charge on any atom is -0.445 e. The Balaban J connectivity index is 2.41. The first-order chi connectivity index (χ1) is 6.77. The van der Waals surface area contributed by atoms with Crippen molar-refractivity contribution in [2.45, 2.75) is 19.8 Å². The lowest BCUT2D eigenvalue weighted by molar-refractivity contribution is 0.574. The van der Waals surface area contributed by atoms with Crippen LogP contribution in [0.4, 0.5) is 0 Å². The lowest BCUT2D eigenvalue weighted by atomic mass is 10.0. The fraction of sp³-hybridized carbons (Fsp3) is 0.250. The molecule has 0 aliphatic rings. The molecular formula is C12H13NO. The molecule has 72 valence electrons. The molecule has 0 aliphatic heterocycles. The summed E-state index contributed by atoms with van der Waals surface area (Å²) in [4.78, 5) is 4.12. The van der Waals surface area contributed by atoms with Gasteiger partial charge in [-0.1, -0.05) is 26.0 Å². The van der Waals surface area contributed by atoms with Crippen LogP contribution in [0, 0.1) is 0 Å². The van der Waals surface area contributed by atoms with Gasteiger partial charge in [0.15, 0.2) is 0 Å². The highest BCUT2D eigenvalue weighted by atomic mass is 16.3. The Morgan fingerprint density at radius 3 is 2.79 bits per heavy atom. The Bertz CT molecular complexity index is 404. The average molecular weight is 187 g/mol. The van der Waals surface area contributed by atoms with E-state index >= 15 is 0 Å². The van der Waals surface area contributed by atoms with Crippen molar-refractivity contribution < 1.29 is 4.42 Å². The number of aromatic nitrogens is 1. The van der Waals surface area contributed by atoms with Crippen LogP contribution in [0.3, 0.4) is 0 Å². The highest BCUT2D eigenvalue weighted by Gasteiger charge is 2.04. The van der Waals surface area contributed by atoms with Gasteiger partial charge in [0.1, 0.15) is 6.26 Å². The fourth-order valence-electron chi connectivity index (χ4n) is 1.40. The van der Waals surface area contributed by atoms with E-state index in [1.165, 1.54) is 5.56 Å². The third-order valence-corrected chi connectivity index (χ3v) is 2.23. The fourth-order valence-corrected chi connectivity index (χ4v) is 1.40. The molecule has 2 aromatic rings. The Labute approximate surface area is 83.6 Å². The summed E-state index contributed by atoms with van der Waals surface area (Å²) >= 11 is 0. The molecule has 0 saturated carbocycles. The summed E-state index contributed by atoms with van der Waals surface area (Å²) in [6.45, 7) is 4.35. The minimum atomic E-state index is 0.532. The summed E-state index contributed by atoms with van der Waals surface area (Å²) in [6.07, 6.45) is 3.26. The number of oxazole rings is 1. The Kier molecular flexibility index (Phi) is 2.35. The van der Waals surface area contributed by atoms with Gasteiger partial charge in [-0.05, 0) is 23.6 Å². The van der Waals surface area contributed by atoms with Gasteiger partial charge in [0.25, 0.3) is 0 Å². The molecule has 0 bridgehead atoms. The van der Waals surface area contributed by atoms with E-state index in [4.69, 9.17) is 4.42 Å². The van der Waals surface area contributed by atoms with Crippen LogP contribution in [0.2, 0.25) is 0 Å². The maximum Gasteiger partial charge on any atom is 0.225 e. The van der Waals surface area contributed by atoms with Crippen LogP contribution in [0.15, 0.2) is 41.1 Å². The van der Waals surface area contributed by atoms with E-state index in [2.05, 4.69) is 31.0 Å². The van der Waals surface area contributed by atoms with E-state index in [0.29, 0.717) is 11.8 Å². The molecule has 1 aromatic heterocycles. The molecule has 0 fully saturated rings. The van der Waals surface area contributed by atoms with E-state index in [0.717, 1.165) is 5.56 Å². The van der Waals surface area contributed by atoms with Crippen LogP contribution in [0.1, 0.15) is 25.3 Å². The largest absolute Gasteiger partial charge is 0.445 e. The first-order valence-corrected chi connectivity index (χ1v) is 4.77. The molecule has 0 aliphatic carbocycles. The van der Waals surface area contributed by atoms with Crippen LogP contribution >= 0.6 is 0 Å². The summed E-state index contributed by atoms with van der Waals surface area (Å²) in [7, 11) is 0. The lowest BCUT2D eigenvalue weighted by Gasteiger charge is -2.05. The van der Waals surface area contributed by atoms with Crippen LogP contribution < -0.4 is 0 Å². The third kappa shape index (κ3) is 1.69. The number of nitrogens with zero attached hydrogens (tertiary/aromatic N) is 1. The van der Waals surface area contributed by atoms with Gasteiger partial charge in [-0.25, -0.2) is 4.98 Å². The first-order valence-electron chi connectivity index (χ1n) is 4.77. The van der Waals surface area contributed by atoms with E-state index in [1.807, 2.05) is 12.1 Å². The van der Waals surface area contributed by atoms with Crippen molar-refractivity contribution in [1.82, 2.24) is 4.98 Å². The van der Waals surface area contributed by atoms with Crippen molar-refractivity contribution in [2.75, 3.05) is 0 Å². The molecule has 2 rings (SSSR count). The minimum absolute atomic E-state index is 0.532. The molecule has 0 spiro atoms. The maximum absolute atomic E-state index is 5.24. The molecule has 0 N–H and O–H groups in total. The summed E-state index contributed by atoms with van der Waals surface area (Å²) in [6, 6.07) is 8.29. The number of benzene rings is 1. The van der Waals surface area contributed by atoms with Gasteiger partial charge in [-0.15, -0.1) is 0 Å². The lowest BCUT2D eigenvalue weighted by Crippen LogP contribution is -1.87.